The van der Waals surface area contributed by atoms with Crippen molar-refractivity contribution in [1.82, 2.24) is 9.13 Å². The summed E-state index contributed by atoms with van der Waals surface area (Å²) in [6.45, 7) is 1.54. The van der Waals surface area contributed by atoms with Gasteiger partial charge in [-0.25, -0.2) is 4.79 Å². The Balaban J connectivity index is 1.82. The van der Waals surface area contributed by atoms with E-state index in [1.54, 1.807) is 24.0 Å². The Labute approximate surface area is 116 Å². The van der Waals surface area contributed by atoms with E-state index in [0.29, 0.717) is 25.5 Å². The number of fused-ring (bicyclic) bond motifs is 1. The molecule has 1 aromatic carbocycles. The topological polar surface area (TPSA) is 71.4 Å². The maximum atomic E-state index is 11.8. The van der Waals surface area contributed by atoms with Crippen molar-refractivity contribution in [3.8, 4) is 11.5 Å². The van der Waals surface area contributed by atoms with Crippen LogP contribution in [0.2, 0.25) is 0 Å². The van der Waals surface area contributed by atoms with Gasteiger partial charge in [0.15, 0.2) is 11.5 Å². The van der Waals surface area contributed by atoms with Crippen LogP contribution in [0.15, 0.2) is 35.4 Å². The molecule has 1 aliphatic heterocycles. The van der Waals surface area contributed by atoms with E-state index in [-0.39, 0.29) is 11.7 Å². The standard InChI is InChI=1S/C14H17N3O3/c1-16-4-5-17(14(16)18)9-11(15)10-2-3-12-13(8-10)20-7-6-19-12/h2-5,8,11H,6-7,9,15H2,1H3. The van der Waals surface area contributed by atoms with Gasteiger partial charge in [-0.3, -0.25) is 4.57 Å². The van der Waals surface area contributed by atoms with E-state index in [0.717, 1.165) is 11.3 Å². The average molecular weight is 275 g/mol. The summed E-state index contributed by atoms with van der Waals surface area (Å²) in [6, 6.07) is 5.38. The first-order valence-electron chi connectivity index (χ1n) is 6.52. The van der Waals surface area contributed by atoms with Gasteiger partial charge in [0, 0.05) is 32.0 Å². The number of ether oxygens (including phenoxy) is 2. The molecule has 2 heterocycles. The predicted molar refractivity (Wildman–Crippen MR) is 74.0 cm³/mol. The summed E-state index contributed by atoms with van der Waals surface area (Å²) in [5, 5.41) is 0. The van der Waals surface area contributed by atoms with E-state index in [2.05, 4.69) is 0 Å². The normalized spacial score (nSPS) is 15.1. The van der Waals surface area contributed by atoms with Gasteiger partial charge in [-0.15, -0.1) is 0 Å². The molecular formula is C14H17N3O3. The summed E-state index contributed by atoms with van der Waals surface area (Å²) < 4.78 is 14.1. The first-order chi connectivity index (χ1) is 9.65. The van der Waals surface area contributed by atoms with Gasteiger partial charge in [-0.2, -0.15) is 0 Å². The van der Waals surface area contributed by atoms with Gasteiger partial charge in [0.2, 0.25) is 0 Å². The molecule has 0 saturated carbocycles. The third-order valence-corrected chi connectivity index (χ3v) is 3.41. The summed E-state index contributed by atoms with van der Waals surface area (Å²) in [5.74, 6) is 1.45. The molecule has 0 saturated heterocycles. The second-order valence-corrected chi connectivity index (χ2v) is 4.85. The van der Waals surface area contributed by atoms with E-state index >= 15 is 0 Å². The van der Waals surface area contributed by atoms with Crippen LogP contribution in [0.3, 0.4) is 0 Å². The van der Waals surface area contributed by atoms with Gasteiger partial charge in [0.1, 0.15) is 13.2 Å². The molecule has 6 heteroatoms. The third-order valence-electron chi connectivity index (χ3n) is 3.41. The molecule has 0 amide bonds. The minimum Gasteiger partial charge on any atom is -0.486 e. The fraction of sp³-hybridized carbons (Fsp3) is 0.357. The van der Waals surface area contributed by atoms with Crippen LogP contribution in [0.4, 0.5) is 0 Å². The van der Waals surface area contributed by atoms with Crippen LogP contribution in [0, 0.1) is 0 Å². The molecular weight excluding hydrogens is 258 g/mol. The summed E-state index contributed by atoms with van der Waals surface area (Å²) in [6.07, 6.45) is 3.46. The Morgan fingerprint density at radius 1 is 1.25 bits per heavy atom. The Morgan fingerprint density at radius 2 is 2.00 bits per heavy atom. The van der Waals surface area contributed by atoms with E-state index in [9.17, 15) is 4.79 Å². The molecule has 106 valence electrons. The largest absolute Gasteiger partial charge is 0.486 e. The fourth-order valence-electron chi connectivity index (χ4n) is 2.26. The van der Waals surface area contributed by atoms with Crippen LogP contribution in [-0.2, 0) is 13.6 Å². The lowest BCUT2D eigenvalue weighted by Crippen LogP contribution is -2.27. The smallest absolute Gasteiger partial charge is 0.327 e. The molecule has 2 N–H and O–H groups in total. The zero-order valence-corrected chi connectivity index (χ0v) is 11.3. The average Bonchev–Trinajstić information content (AvgIpc) is 2.78. The summed E-state index contributed by atoms with van der Waals surface area (Å²) in [7, 11) is 1.72. The summed E-state index contributed by atoms with van der Waals surface area (Å²) in [5.41, 5.74) is 7.02. The lowest BCUT2D eigenvalue weighted by molar-refractivity contribution is 0.171. The van der Waals surface area contributed by atoms with Crippen LogP contribution < -0.4 is 20.9 Å². The number of imidazole rings is 1. The zero-order chi connectivity index (χ0) is 14.1. The van der Waals surface area contributed by atoms with E-state index in [1.807, 2.05) is 18.2 Å². The van der Waals surface area contributed by atoms with Crippen molar-refractivity contribution >= 4 is 0 Å². The molecule has 0 aliphatic carbocycles. The highest BCUT2D eigenvalue weighted by molar-refractivity contribution is 5.44. The number of aryl methyl sites for hydroxylation is 1. The Morgan fingerprint density at radius 3 is 2.70 bits per heavy atom. The second-order valence-electron chi connectivity index (χ2n) is 4.85. The number of nitrogens with two attached hydrogens (primary N) is 1. The van der Waals surface area contributed by atoms with Crippen LogP contribution in [0.5, 0.6) is 11.5 Å². The lowest BCUT2D eigenvalue weighted by Gasteiger charge is -2.20. The van der Waals surface area contributed by atoms with Gasteiger partial charge in [0.25, 0.3) is 0 Å². The second kappa shape index (κ2) is 5.05. The van der Waals surface area contributed by atoms with Crippen molar-refractivity contribution in [2.24, 2.45) is 12.8 Å². The molecule has 1 atom stereocenters. The van der Waals surface area contributed by atoms with Crippen molar-refractivity contribution < 1.29 is 9.47 Å². The van der Waals surface area contributed by atoms with Crippen molar-refractivity contribution in [2.45, 2.75) is 12.6 Å². The molecule has 0 bridgehead atoms. The number of hydrogen-bond acceptors (Lipinski definition) is 4. The number of nitrogens with zero attached hydrogens (tertiary/aromatic N) is 2. The maximum absolute atomic E-state index is 11.8. The predicted octanol–water partition coefficient (Wildman–Crippen LogP) is 0.658. The van der Waals surface area contributed by atoms with Crippen molar-refractivity contribution in [2.75, 3.05) is 13.2 Å². The Bertz CT molecular complexity index is 675. The molecule has 1 unspecified atom stereocenters. The molecule has 2 aromatic rings. The zero-order valence-electron chi connectivity index (χ0n) is 11.3. The van der Waals surface area contributed by atoms with E-state index < -0.39 is 0 Å². The van der Waals surface area contributed by atoms with Crippen molar-refractivity contribution in [1.29, 1.82) is 0 Å². The van der Waals surface area contributed by atoms with Gasteiger partial charge in [0.05, 0.1) is 0 Å². The van der Waals surface area contributed by atoms with Gasteiger partial charge < -0.3 is 19.8 Å². The molecule has 6 nitrogen and oxygen atoms in total. The molecule has 3 rings (SSSR count). The van der Waals surface area contributed by atoms with Crippen LogP contribution in [0.1, 0.15) is 11.6 Å². The van der Waals surface area contributed by atoms with Gasteiger partial charge in [-0.05, 0) is 17.7 Å². The lowest BCUT2D eigenvalue weighted by atomic mass is 10.1. The summed E-state index contributed by atoms with van der Waals surface area (Å²) in [4.78, 5) is 11.8. The highest BCUT2D eigenvalue weighted by Gasteiger charge is 2.15. The summed E-state index contributed by atoms with van der Waals surface area (Å²) >= 11 is 0. The number of aromatic nitrogens is 2. The Kier molecular flexibility index (Phi) is 3.23. The van der Waals surface area contributed by atoms with Crippen LogP contribution in [0.25, 0.3) is 0 Å². The molecule has 0 fully saturated rings. The highest BCUT2D eigenvalue weighted by Crippen LogP contribution is 2.32. The van der Waals surface area contributed by atoms with Crippen LogP contribution in [-0.4, -0.2) is 22.3 Å². The third kappa shape index (κ3) is 2.30. The fourth-order valence-corrected chi connectivity index (χ4v) is 2.26. The van der Waals surface area contributed by atoms with Crippen molar-refractivity contribution in [3.63, 3.8) is 0 Å². The highest BCUT2D eigenvalue weighted by atomic mass is 16.6. The SMILES string of the molecule is Cn1ccn(CC(N)c2ccc3c(c2)OCCO3)c1=O. The first kappa shape index (κ1) is 12.8. The minimum atomic E-state index is -0.272. The van der Waals surface area contributed by atoms with E-state index in [4.69, 9.17) is 15.2 Å². The number of rotatable bonds is 3. The molecule has 0 spiro atoms. The molecule has 0 radical (unpaired) electrons. The molecule has 20 heavy (non-hydrogen) atoms. The van der Waals surface area contributed by atoms with Gasteiger partial charge >= 0.3 is 5.69 Å². The minimum absolute atomic E-state index is 0.0713. The Hall–Kier alpha value is -2.21. The maximum Gasteiger partial charge on any atom is 0.327 e. The number of hydrogen-bond donors (Lipinski definition) is 1. The van der Waals surface area contributed by atoms with E-state index in [1.165, 1.54) is 4.57 Å². The van der Waals surface area contributed by atoms with Crippen LogP contribution >= 0.6 is 0 Å². The van der Waals surface area contributed by atoms with Crippen molar-refractivity contribution in [3.05, 3.63) is 46.6 Å². The quantitative estimate of drug-likeness (QED) is 0.893. The molecule has 1 aliphatic rings. The molecule has 1 aromatic heterocycles. The monoisotopic (exact) mass is 275 g/mol. The number of benzene rings is 1. The first-order valence-corrected chi connectivity index (χ1v) is 6.52. The van der Waals surface area contributed by atoms with Gasteiger partial charge in [-0.1, -0.05) is 6.07 Å².